The van der Waals surface area contributed by atoms with Crippen molar-refractivity contribution in [3.8, 4) is 0 Å². The summed E-state index contributed by atoms with van der Waals surface area (Å²) in [6.45, 7) is 4.47. The van der Waals surface area contributed by atoms with Crippen molar-refractivity contribution in [1.82, 2.24) is 10.2 Å². The predicted molar refractivity (Wildman–Crippen MR) is 72.5 cm³/mol. The van der Waals surface area contributed by atoms with Crippen molar-refractivity contribution in [2.45, 2.75) is 13.0 Å². The molecule has 0 spiro atoms. The minimum absolute atomic E-state index is 0.0437. The standard InChI is InChI=1S/C12H14BrClN2O/c1-8-7-15-2-3-16(8)12(17)9-4-10(13)6-11(14)5-9/h4-6,8,15H,2-3,7H2,1H3/t8-/m0/s1. The Bertz CT molecular complexity index is 418. The molecule has 0 bridgehead atoms. The van der Waals surface area contributed by atoms with Crippen molar-refractivity contribution >= 4 is 33.4 Å². The number of hydrogen-bond donors (Lipinski definition) is 1. The van der Waals surface area contributed by atoms with Crippen LogP contribution in [0.25, 0.3) is 0 Å². The van der Waals surface area contributed by atoms with Gasteiger partial charge in [0.1, 0.15) is 0 Å². The fourth-order valence-corrected chi connectivity index (χ4v) is 2.85. The molecule has 1 fully saturated rings. The van der Waals surface area contributed by atoms with Crippen molar-refractivity contribution in [1.29, 1.82) is 0 Å². The number of amides is 1. The van der Waals surface area contributed by atoms with Crippen LogP contribution in [0.15, 0.2) is 22.7 Å². The minimum atomic E-state index is 0.0437. The molecule has 17 heavy (non-hydrogen) atoms. The van der Waals surface area contributed by atoms with Crippen molar-refractivity contribution in [3.05, 3.63) is 33.3 Å². The third-order valence-corrected chi connectivity index (χ3v) is 3.55. The lowest BCUT2D eigenvalue weighted by Gasteiger charge is -2.34. The zero-order valence-corrected chi connectivity index (χ0v) is 11.9. The quantitative estimate of drug-likeness (QED) is 0.863. The maximum atomic E-state index is 12.3. The molecule has 1 saturated heterocycles. The highest BCUT2D eigenvalue weighted by Crippen LogP contribution is 2.21. The predicted octanol–water partition coefficient (Wildman–Crippen LogP) is 2.54. The molecule has 1 aliphatic heterocycles. The highest BCUT2D eigenvalue weighted by Gasteiger charge is 2.24. The van der Waals surface area contributed by atoms with Gasteiger partial charge in [-0.25, -0.2) is 0 Å². The third-order valence-electron chi connectivity index (χ3n) is 2.87. The molecular formula is C12H14BrClN2O. The molecule has 1 amide bonds. The number of piperazine rings is 1. The number of nitrogens with zero attached hydrogens (tertiary/aromatic N) is 1. The van der Waals surface area contributed by atoms with E-state index in [2.05, 4.69) is 21.2 Å². The first-order valence-corrected chi connectivity index (χ1v) is 6.73. The molecule has 0 saturated carbocycles. The van der Waals surface area contributed by atoms with Gasteiger partial charge in [-0.3, -0.25) is 4.79 Å². The van der Waals surface area contributed by atoms with Crippen LogP contribution in [0.2, 0.25) is 5.02 Å². The number of carbonyl (C=O) groups is 1. The van der Waals surface area contributed by atoms with E-state index in [4.69, 9.17) is 11.6 Å². The van der Waals surface area contributed by atoms with Crippen LogP contribution in [0.5, 0.6) is 0 Å². The van der Waals surface area contributed by atoms with Crippen LogP contribution in [0.3, 0.4) is 0 Å². The lowest BCUT2D eigenvalue weighted by molar-refractivity contribution is 0.0655. The lowest BCUT2D eigenvalue weighted by atomic mass is 10.1. The van der Waals surface area contributed by atoms with E-state index >= 15 is 0 Å². The van der Waals surface area contributed by atoms with Crippen LogP contribution in [-0.4, -0.2) is 36.5 Å². The Hall–Kier alpha value is -0.580. The molecule has 3 nitrogen and oxygen atoms in total. The van der Waals surface area contributed by atoms with E-state index in [0.29, 0.717) is 10.6 Å². The summed E-state index contributed by atoms with van der Waals surface area (Å²) in [5.41, 5.74) is 0.637. The van der Waals surface area contributed by atoms with Gasteiger partial charge in [0.25, 0.3) is 5.91 Å². The van der Waals surface area contributed by atoms with Crippen molar-refractivity contribution in [3.63, 3.8) is 0 Å². The number of halogens is 2. The molecule has 1 heterocycles. The fourth-order valence-electron chi connectivity index (χ4n) is 1.99. The summed E-state index contributed by atoms with van der Waals surface area (Å²) in [7, 11) is 0. The molecular weight excluding hydrogens is 304 g/mol. The minimum Gasteiger partial charge on any atom is -0.333 e. The number of nitrogens with one attached hydrogen (secondary N) is 1. The molecule has 0 aliphatic carbocycles. The van der Waals surface area contributed by atoms with E-state index in [9.17, 15) is 4.79 Å². The Labute approximate surface area is 114 Å². The number of hydrogen-bond acceptors (Lipinski definition) is 2. The SMILES string of the molecule is C[C@H]1CNCCN1C(=O)c1cc(Cl)cc(Br)c1. The molecule has 1 aromatic rings. The molecule has 0 radical (unpaired) electrons. The van der Waals surface area contributed by atoms with E-state index in [0.717, 1.165) is 24.1 Å². The first-order chi connectivity index (χ1) is 8.08. The molecule has 1 aliphatic rings. The van der Waals surface area contributed by atoms with Gasteiger partial charge in [-0.1, -0.05) is 27.5 Å². The first-order valence-electron chi connectivity index (χ1n) is 5.55. The summed E-state index contributed by atoms with van der Waals surface area (Å²) >= 11 is 9.31. The van der Waals surface area contributed by atoms with Gasteiger partial charge in [-0.05, 0) is 25.1 Å². The summed E-state index contributed by atoms with van der Waals surface area (Å²) in [5.74, 6) is 0.0437. The van der Waals surface area contributed by atoms with Gasteiger partial charge in [0, 0.05) is 40.7 Å². The summed E-state index contributed by atoms with van der Waals surface area (Å²) in [6.07, 6.45) is 0. The maximum Gasteiger partial charge on any atom is 0.254 e. The second-order valence-electron chi connectivity index (χ2n) is 4.21. The van der Waals surface area contributed by atoms with Gasteiger partial charge in [0.15, 0.2) is 0 Å². The van der Waals surface area contributed by atoms with E-state index in [-0.39, 0.29) is 11.9 Å². The van der Waals surface area contributed by atoms with Gasteiger partial charge >= 0.3 is 0 Å². The summed E-state index contributed by atoms with van der Waals surface area (Å²) in [5, 5.41) is 3.84. The Kier molecular flexibility index (Phi) is 4.07. The van der Waals surface area contributed by atoms with Gasteiger partial charge in [0.2, 0.25) is 0 Å². The summed E-state index contributed by atoms with van der Waals surface area (Å²) in [4.78, 5) is 14.2. The van der Waals surface area contributed by atoms with Crippen LogP contribution in [0.4, 0.5) is 0 Å². The van der Waals surface area contributed by atoms with E-state index in [1.54, 1.807) is 12.1 Å². The Morgan fingerprint density at radius 3 is 2.94 bits per heavy atom. The normalized spacial score (nSPS) is 20.4. The van der Waals surface area contributed by atoms with Gasteiger partial charge < -0.3 is 10.2 Å². The molecule has 92 valence electrons. The molecule has 1 aromatic carbocycles. The van der Waals surface area contributed by atoms with Crippen LogP contribution in [0.1, 0.15) is 17.3 Å². The Balaban J connectivity index is 2.23. The largest absolute Gasteiger partial charge is 0.333 e. The summed E-state index contributed by atoms with van der Waals surface area (Å²) in [6, 6.07) is 5.51. The number of benzene rings is 1. The Morgan fingerprint density at radius 2 is 2.29 bits per heavy atom. The van der Waals surface area contributed by atoms with E-state index in [1.807, 2.05) is 17.9 Å². The zero-order valence-electron chi connectivity index (χ0n) is 9.54. The van der Waals surface area contributed by atoms with Crippen LogP contribution >= 0.6 is 27.5 Å². The zero-order chi connectivity index (χ0) is 12.4. The third kappa shape index (κ3) is 3.00. The van der Waals surface area contributed by atoms with Crippen LogP contribution < -0.4 is 5.32 Å². The second kappa shape index (κ2) is 5.38. The van der Waals surface area contributed by atoms with E-state index < -0.39 is 0 Å². The van der Waals surface area contributed by atoms with Crippen molar-refractivity contribution < 1.29 is 4.79 Å². The van der Waals surface area contributed by atoms with Crippen molar-refractivity contribution in [2.75, 3.05) is 19.6 Å². The number of carbonyl (C=O) groups excluding carboxylic acids is 1. The average molecular weight is 318 g/mol. The maximum absolute atomic E-state index is 12.3. The smallest absolute Gasteiger partial charge is 0.254 e. The molecule has 1 atom stereocenters. The average Bonchev–Trinajstić information content (AvgIpc) is 2.27. The molecule has 1 N–H and O–H groups in total. The van der Waals surface area contributed by atoms with Gasteiger partial charge in [-0.2, -0.15) is 0 Å². The monoisotopic (exact) mass is 316 g/mol. The fraction of sp³-hybridized carbons (Fsp3) is 0.417. The van der Waals surface area contributed by atoms with Gasteiger partial charge in [0.05, 0.1) is 0 Å². The van der Waals surface area contributed by atoms with Gasteiger partial charge in [-0.15, -0.1) is 0 Å². The highest BCUT2D eigenvalue weighted by molar-refractivity contribution is 9.10. The Morgan fingerprint density at radius 1 is 1.53 bits per heavy atom. The van der Waals surface area contributed by atoms with Crippen LogP contribution in [0, 0.1) is 0 Å². The highest BCUT2D eigenvalue weighted by atomic mass is 79.9. The number of rotatable bonds is 1. The summed E-state index contributed by atoms with van der Waals surface area (Å²) < 4.78 is 0.830. The second-order valence-corrected chi connectivity index (χ2v) is 5.56. The first kappa shape index (κ1) is 12.9. The van der Waals surface area contributed by atoms with Crippen molar-refractivity contribution in [2.24, 2.45) is 0 Å². The van der Waals surface area contributed by atoms with Crippen LogP contribution in [-0.2, 0) is 0 Å². The van der Waals surface area contributed by atoms with E-state index in [1.165, 1.54) is 0 Å². The topological polar surface area (TPSA) is 32.3 Å². The molecule has 5 heteroatoms. The molecule has 2 rings (SSSR count). The molecule has 0 aromatic heterocycles. The lowest BCUT2D eigenvalue weighted by Crippen LogP contribution is -2.52. The molecule has 0 unspecified atom stereocenters.